The van der Waals surface area contributed by atoms with Crippen molar-refractivity contribution in [1.29, 1.82) is 0 Å². The highest BCUT2D eigenvalue weighted by molar-refractivity contribution is 7.89. The number of aromatic nitrogens is 1. The normalized spacial score (nSPS) is 16.7. The zero-order valence-electron chi connectivity index (χ0n) is 18.9. The van der Waals surface area contributed by atoms with Crippen LogP contribution in [0.1, 0.15) is 29.4 Å². The van der Waals surface area contributed by atoms with E-state index in [9.17, 15) is 18.0 Å². The van der Waals surface area contributed by atoms with Crippen LogP contribution in [0.3, 0.4) is 0 Å². The second-order valence-electron chi connectivity index (χ2n) is 7.99. The zero-order chi connectivity index (χ0) is 24.3. The predicted octanol–water partition coefficient (Wildman–Crippen LogP) is 4.06. The van der Waals surface area contributed by atoms with Crippen LogP contribution in [0.2, 0.25) is 0 Å². The molecule has 1 amide bonds. The maximum absolute atomic E-state index is 13.1. The van der Waals surface area contributed by atoms with E-state index in [1.165, 1.54) is 30.5 Å². The fourth-order valence-electron chi connectivity index (χ4n) is 3.88. The van der Waals surface area contributed by atoms with Crippen molar-refractivity contribution in [3.63, 3.8) is 0 Å². The summed E-state index contributed by atoms with van der Waals surface area (Å²) < 4.78 is 32.6. The van der Waals surface area contributed by atoms with E-state index in [4.69, 9.17) is 4.74 Å². The topological polar surface area (TPSA) is 106 Å². The summed E-state index contributed by atoms with van der Waals surface area (Å²) in [6, 6.07) is 15.5. The number of ether oxygens (including phenoxy) is 1. The number of nitrogens with zero attached hydrogens (tertiary/aromatic N) is 2. The molecule has 1 N–H and O–H groups in total. The van der Waals surface area contributed by atoms with Gasteiger partial charge in [-0.2, -0.15) is 4.31 Å². The van der Waals surface area contributed by atoms with Crippen LogP contribution in [0.25, 0.3) is 11.3 Å². The summed E-state index contributed by atoms with van der Waals surface area (Å²) in [6.45, 7) is 1.90. The number of hydrogen-bond donors (Lipinski definition) is 1. The molecule has 10 heteroatoms. The van der Waals surface area contributed by atoms with Gasteiger partial charge in [-0.3, -0.25) is 9.59 Å². The fraction of sp³-hybridized carbons (Fsp3) is 0.292. The second kappa shape index (κ2) is 10.0. The standard InChI is InChI=1S/C24H25N3O5S2/c1-16(28)22-21(17-7-4-3-5-8-17)25-24(33-22)26-23(29)18-9-6-14-27(15-18)34(30,31)20-12-10-19(32-2)11-13-20/h3-5,7-8,10-13,18H,6,9,14-15H2,1-2H3,(H,25,26,29). The number of carbonyl (C=O) groups excluding carboxylic acids is 2. The number of anilines is 1. The summed E-state index contributed by atoms with van der Waals surface area (Å²) in [7, 11) is -2.22. The molecule has 0 saturated carbocycles. The molecule has 3 aromatic rings. The first kappa shape index (κ1) is 24.1. The van der Waals surface area contributed by atoms with E-state index in [1.54, 1.807) is 12.1 Å². The number of rotatable bonds is 7. The highest BCUT2D eigenvalue weighted by Crippen LogP contribution is 2.32. The number of carbonyl (C=O) groups is 2. The van der Waals surface area contributed by atoms with E-state index in [2.05, 4.69) is 10.3 Å². The highest BCUT2D eigenvalue weighted by Gasteiger charge is 2.34. The molecule has 1 aromatic heterocycles. The van der Waals surface area contributed by atoms with Crippen molar-refractivity contribution in [1.82, 2.24) is 9.29 Å². The van der Waals surface area contributed by atoms with Gasteiger partial charge in [-0.1, -0.05) is 41.7 Å². The Labute approximate surface area is 202 Å². The summed E-state index contributed by atoms with van der Waals surface area (Å²) in [4.78, 5) is 30.3. The lowest BCUT2D eigenvalue weighted by Crippen LogP contribution is -2.43. The van der Waals surface area contributed by atoms with Gasteiger partial charge in [-0.15, -0.1) is 0 Å². The number of sulfonamides is 1. The number of Topliss-reactive ketones (excluding diaryl/α,β-unsaturated/α-hetero) is 1. The molecule has 0 spiro atoms. The molecule has 178 valence electrons. The van der Waals surface area contributed by atoms with Crippen molar-refractivity contribution in [3.8, 4) is 17.0 Å². The van der Waals surface area contributed by atoms with Gasteiger partial charge in [0.25, 0.3) is 0 Å². The summed E-state index contributed by atoms with van der Waals surface area (Å²) in [5.74, 6) is -0.394. The number of nitrogens with one attached hydrogen (secondary N) is 1. The van der Waals surface area contributed by atoms with Crippen molar-refractivity contribution in [2.75, 3.05) is 25.5 Å². The Hall–Kier alpha value is -3.08. The van der Waals surface area contributed by atoms with E-state index < -0.39 is 15.9 Å². The number of hydrogen-bond acceptors (Lipinski definition) is 7. The molecule has 1 fully saturated rings. The van der Waals surface area contributed by atoms with Crippen LogP contribution in [-0.2, 0) is 14.8 Å². The van der Waals surface area contributed by atoms with E-state index in [-0.39, 0.29) is 23.1 Å². The van der Waals surface area contributed by atoms with Crippen LogP contribution >= 0.6 is 11.3 Å². The van der Waals surface area contributed by atoms with Gasteiger partial charge in [0.15, 0.2) is 10.9 Å². The Morgan fingerprint density at radius 2 is 1.82 bits per heavy atom. The average Bonchev–Trinajstić information content (AvgIpc) is 3.29. The highest BCUT2D eigenvalue weighted by atomic mass is 32.2. The van der Waals surface area contributed by atoms with Crippen LogP contribution in [0.15, 0.2) is 59.5 Å². The lowest BCUT2D eigenvalue weighted by Gasteiger charge is -2.31. The molecule has 0 radical (unpaired) electrons. The summed E-state index contributed by atoms with van der Waals surface area (Å²) in [5.41, 5.74) is 1.32. The molecule has 1 atom stereocenters. The van der Waals surface area contributed by atoms with Crippen molar-refractivity contribution in [2.24, 2.45) is 5.92 Å². The minimum absolute atomic E-state index is 0.0800. The Kier molecular flexibility index (Phi) is 7.11. The summed E-state index contributed by atoms with van der Waals surface area (Å²) in [6.07, 6.45) is 1.14. The number of benzene rings is 2. The number of thiazole rings is 1. The molecule has 1 aliphatic heterocycles. The fourth-order valence-corrected chi connectivity index (χ4v) is 6.29. The molecule has 2 aromatic carbocycles. The molecule has 2 heterocycles. The van der Waals surface area contributed by atoms with Crippen molar-refractivity contribution in [3.05, 3.63) is 59.5 Å². The van der Waals surface area contributed by atoms with Crippen LogP contribution in [0, 0.1) is 5.92 Å². The first-order valence-electron chi connectivity index (χ1n) is 10.8. The van der Waals surface area contributed by atoms with Crippen molar-refractivity contribution in [2.45, 2.75) is 24.7 Å². The lowest BCUT2D eigenvalue weighted by atomic mass is 9.99. The molecule has 1 saturated heterocycles. The molecular formula is C24H25N3O5S2. The van der Waals surface area contributed by atoms with Crippen LogP contribution in [-0.4, -0.2) is 49.6 Å². The van der Waals surface area contributed by atoms with Gasteiger partial charge in [0.2, 0.25) is 15.9 Å². The van der Waals surface area contributed by atoms with Gasteiger partial charge in [0.1, 0.15) is 5.75 Å². The zero-order valence-corrected chi connectivity index (χ0v) is 20.5. The molecule has 4 rings (SSSR count). The van der Waals surface area contributed by atoms with E-state index in [0.29, 0.717) is 40.8 Å². The largest absolute Gasteiger partial charge is 0.497 e. The van der Waals surface area contributed by atoms with Gasteiger partial charge in [-0.25, -0.2) is 13.4 Å². The van der Waals surface area contributed by atoms with Crippen LogP contribution < -0.4 is 10.1 Å². The maximum atomic E-state index is 13.1. The average molecular weight is 500 g/mol. The Bertz CT molecular complexity index is 1290. The third-order valence-electron chi connectivity index (χ3n) is 5.68. The van der Waals surface area contributed by atoms with E-state index >= 15 is 0 Å². The van der Waals surface area contributed by atoms with Gasteiger partial charge < -0.3 is 10.1 Å². The molecule has 8 nitrogen and oxygen atoms in total. The predicted molar refractivity (Wildman–Crippen MR) is 131 cm³/mol. The summed E-state index contributed by atoms with van der Waals surface area (Å²) >= 11 is 1.13. The lowest BCUT2D eigenvalue weighted by molar-refractivity contribution is -0.120. The van der Waals surface area contributed by atoms with Gasteiger partial charge >= 0.3 is 0 Å². The third kappa shape index (κ3) is 5.03. The minimum atomic E-state index is -3.74. The van der Waals surface area contributed by atoms with Gasteiger partial charge in [0.05, 0.1) is 28.5 Å². The van der Waals surface area contributed by atoms with Crippen LogP contribution in [0.4, 0.5) is 5.13 Å². The number of piperidine rings is 1. The maximum Gasteiger partial charge on any atom is 0.243 e. The third-order valence-corrected chi connectivity index (χ3v) is 8.63. The summed E-state index contributed by atoms with van der Waals surface area (Å²) in [5, 5.41) is 3.13. The first-order chi connectivity index (χ1) is 16.3. The van der Waals surface area contributed by atoms with E-state index in [1.807, 2.05) is 30.3 Å². The van der Waals surface area contributed by atoms with Gasteiger partial charge in [0, 0.05) is 25.6 Å². The number of ketones is 1. The number of methoxy groups -OCH3 is 1. The SMILES string of the molecule is COc1ccc(S(=O)(=O)N2CCCC(C(=O)Nc3nc(-c4ccccc4)c(C(C)=O)s3)C2)cc1. The molecule has 1 aliphatic rings. The first-order valence-corrected chi connectivity index (χ1v) is 13.1. The molecular weight excluding hydrogens is 474 g/mol. The van der Waals surface area contributed by atoms with Crippen molar-refractivity contribution < 1.29 is 22.7 Å². The van der Waals surface area contributed by atoms with Gasteiger partial charge in [-0.05, 0) is 37.1 Å². The quantitative estimate of drug-likeness (QED) is 0.492. The Balaban J connectivity index is 1.50. The molecule has 1 unspecified atom stereocenters. The second-order valence-corrected chi connectivity index (χ2v) is 10.9. The molecule has 0 aliphatic carbocycles. The Morgan fingerprint density at radius 3 is 2.47 bits per heavy atom. The number of amides is 1. The monoisotopic (exact) mass is 499 g/mol. The smallest absolute Gasteiger partial charge is 0.243 e. The van der Waals surface area contributed by atoms with Crippen molar-refractivity contribution >= 4 is 38.2 Å². The van der Waals surface area contributed by atoms with Crippen LogP contribution in [0.5, 0.6) is 5.75 Å². The molecule has 0 bridgehead atoms. The minimum Gasteiger partial charge on any atom is -0.497 e. The molecule has 34 heavy (non-hydrogen) atoms. The van der Waals surface area contributed by atoms with E-state index in [0.717, 1.165) is 16.9 Å². The Morgan fingerprint density at radius 1 is 1.12 bits per heavy atom.